The van der Waals surface area contributed by atoms with Crippen LogP contribution in [0.25, 0.3) is 105 Å². The Hall–Kier alpha value is -7.36. The molecule has 0 radical (unpaired) electrons. The lowest BCUT2D eigenvalue weighted by Gasteiger charge is -2.15. The first kappa shape index (κ1) is 33.0. The minimum absolute atomic E-state index is 0.870. The molecule has 0 bridgehead atoms. The van der Waals surface area contributed by atoms with Crippen molar-refractivity contribution in [3.8, 4) is 50.3 Å². The molecule has 0 aliphatic rings. The lowest BCUT2D eigenvalue weighted by Crippen LogP contribution is -1.94. The quantitative estimate of drug-likeness (QED) is 0.165. The van der Waals surface area contributed by atoms with Crippen molar-refractivity contribution in [2.24, 2.45) is 0 Å². The van der Waals surface area contributed by atoms with Crippen LogP contribution >= 0.6 is 0 Å². The minimum Gasteiger partial charge on any atom is -0.309 e. The van der Waals surface area contributed by atoms with Crippen LogP contribution in [0.15, 0.2) is 188 Å². The third-order valence-corrected chi connectivity index (χ3v) is 11.7. The summed E-state index contributed by atoms with van der Waals surface area (Å²) in [4.78, 5) is 10.3. The first-order chi connectivity index (χ1) is 28.1. The molecule has 11 aromatic rings. The Bertz CT molecular complexity index is 3340. The average molecular weight is 728 g/mol. The van der Waals surface area contributed by atoms with Gasteiger partial charge in [-0.1, -0.05) is 146 Å². The summed E-state index contributed by atoms with van der Waals surface area (Å²) in [6.45, 7) is 4.45. The minimum atomic E-state index is 0.870. The third kappa shape index (κ3) is 5.43. The van der Waals surface area contributed by atoms with Crippen molar-refractivity contribution in [3.63, 3.8) is 0 Å². The maximum Gasteiger partial charge on any atom is 0.0979 e. The number of fused-ring (bicyclic) bond motifs is 9. The standard InChI is InChI=1S/C54H37N3/c1-34-29-49(39-16-13-17-40(31-39)50-33-55-53-46-23-8-6-20-42(46)43-21-7-9-24-47(43)54(53)56-50)35(2)28-48(34)38-15-12-14-36(30-38)37-26-27-45-44-22-10-11-25-51(44)57(52(45)32-37)41-18-4-3-5-19-41/h3-33H,1-2H3. The molecule has 0 aliphatic heterocycles. The van der Waals surface area contributed by atoms with Crippen LogP contribution in [0.5, 0.6) is 0 Å². The Labute approximate surface area is 331 Å². The normalized spacial score (nSPS) is 11.7. The molecule has 0 saturated heterocycles. The van der Waals surface area contributed by atoms with Gasteiger partial charge in [0, 0.05) is 32.8 Å². The smallest absolute Gasteiger partial charge is 0.0979 e. The van der Waals surface area contributed by atoms with E-state index in [-0.39, 0.29) is 0 Å². The van der Waals surface area contributed by atoms with Gasteiger partial charge in [-0.3, -0.25) is 4.98 Å². The highest BCUT2D eigenvalue weighted by Gasteiger charge is 2.16. The van der Waals surface area contributed by atoms with Crippen molar-refractivity contribution in [1.82, 2.24) is 14.5 Å². The van der Waals surface area contributed by atoms with Crippen LogP contribution in [0.4, 0.5) is 0 Å². The number of hydrogen-bond acceptors (Lipinski definition) is 2. The van der Waals surface area contributed by atoms with Crippen molar-refractivity contribution < 1.29 is 0 Å². The largest absolute Gasteiger partial charge is 0.309 e. The highest BCUT2D eigenvalue weighted by molar-refractivity contribution is 6.23. The van der Waals surface area contributed by atoms with Gasteiger partial charge in [0.1, 0.15) is 0 Å². The monoisotopic (exact) mass is 727 g/mol. The summed E-state index contributed by atoms with van der Waals surface area (Å²) in [5.74, 6) is 0. The van der Waals surface area contributed by atoms with Gasteiger partial charge in [0.2, 0.25) is 0 Å². The topological polar surface area (TPSA) is 30.7 Å². The predicted molar refractivity (Wildman–Crippen MR) is 240 cm³/mol. The van der Waals surface area contributed by atoms with Gasteiger partial charge in [0.25, 0.3) is 0 Å². The van der Waals surface area contributed by atoms with Crippen molar-refractivity contribution in [1.29, 1.82) is 0 Å². The molecule has 0 N–H and O–H groups in total. The molecular formula is C54H37N3. The number of aromatic nitrogens is 3. The van der Waals surface area contributed by atoms with E-state index in [0.29, 0.717) is 0 Å². The van der Waals surface area contributed by atoms with E-state index in [1.54, 1.807) is 0 Å². The second-order valence-corrected chi connectivity index (χ2v) is 15.1. The number of hydrogen-bond donors (Lipinski definition) is 0. The maximum absolute atomic E-state index is 5.27. The number of nitrogens with zero attached hydrogens (tertiary/aromatic N) is 3. The van der Waals surface area contributed by atoms with Crippen molar-refractivity contribution >= 4 is 54.4 Å². The fraction of sp³-hybridized carbons (Fsp3) is 0.0370. The molecule has 57 heavy (non-hydrogen) atoms. The lowest BCUT2D eigenvalue weighted by atomic mass is 9.90. The molecule has 11 rings (SSSR count). The Morgan fingerprint density at radius 1 is 0.368 bits per heavy atom. The number of rotatable bonds is 5. The van der Waals surface area contributed by atoms with Gasteiger partial charge in [0.15, 0.2) is 0 Å². The molecule has 268 valence electrons. The van der Waals surface area contributed by atoms with Gasteiger partial charge in [0.05, 0.1) is 34.0 Å². The van der Waals surface area contributed by atoms with Gasteiger partial charge in [-0.15, -0.1) is 0 Å². The SMILES string of the molecule is Cc1cc(-c2cccc(-c3cnc4c5ccccc5c5ccccc5c4n3)c2)c(C)cc1-c1cccc(-c2ccc3c4ccccc4n(-c4ccccc4)c3c2)c1. The van der Waals surface area contributed by atoms with Crippen LogP contribution in [0, 0.1) is 13.8 Å². The zero-order chi connectivity index (χ0) is 38.0. The van der Waals surface area contributed by atoms with Crippen molar-refractivity contribution in [3.05, 3.63) is 199 Å². The summed E-state index contributed by atoms with van der Waals surface area (Å²) in [5, 5.41) is 7.18. The molecule has 0 saturated carbocycles. The number of para-hydroxylation sites is 2. The van der Waals surface area contributed by atoms with Crippen molar-refractivity contribution in [2.75, 3.05) is 0 Å². The summed E-state index contributed by atoms with van der Waals surface area (Å²) in [7, 11) is 0. The maximum atomic E-state index is 5.27. The average Bonchev–Trinajstić information content (AvgIpc) is 3.61. The van der Waals surface area contributed by atoms with Crippen LogP contribution in [-0.2, 0) is 0 Å². The fourth-order valence-corrected chi connectivity index (χ4v) is 8.92. The van der Waals surface area contributed by atoms with E-state index in [9.17, 15) is 0 Å². The Morgan fingerprint density at radius 2 is 0.895 bits per heavy atom. The molecule has 2 aromatic heterocycles. The first-order valence-electron chi connectivity index (χ1n) is 19.6. The van der Waals surface area contributed by atoms with E-state index < -0.39 is 0 Å². The van der Waals surface area contributed by atoms with E-state index in [1.807, 2.05) is 6.20 Å². The lowest BCUT2D eigenvalue weighted by molar-refractivity contribution is 1.18. The molecular weight excluding hydrogens is 691 g/mol. The molecule has 0 fully saturated rings. The van der Waals surface area contributed by atoms with Gasteiger partial charge in [-0.05, 0) is 106 Å². The molecule has 0 spiro atoms. The van der Waals surface area contributed by atoms with Crippen molar-refractivity contribution in [2.45, 2.75) is 13.8 Å². The van der Waals surface area contributed by atoms with E-state index >= 15 is 0 Å². The van der Waals surface area contributed by atoms with Crippen LogP contribution in [-0.4, -0.2) is 14.5 Å². The van der Waals surface area contributed by atoms with Crippen LogP contribution in [0.2, 0.25) is 0 Å². The molecule has 0 unspecified atom stereocenters. The van der Waals surface area contributed by atoms with Crippen LogP contribution < -0.4 is 0 Å². The Morgan fingerprint density at radius 3 is 1.60 bits per heavy atom. The highest BCUT2D eigenvalue weighted by Crippen LogP contribution is 2.39. The van der Waals surface area contributed by atoms with Gasteiger partial charge < -0.3 is 4.57 Å². The Balaban J connectivity index is 0.961. The van der Waals surface area contributed by atoms with E-state index in [1.165, 1.54) is 82.8 Å². The fourth-order valence-electron chi connectivity index (χ4n) is 8.92. The van der Waals surface area contributed by atoms with E-state index in [0.717, 1.165) is 33.1 Å². The molecule has 3 heteroatoms. The Kier molecular flexibility index (Phi) is 7.61. The van der Waals surface area contributed by atoms with Gasteiger partial charge in [-0.2, -0.15) is 0 Å². The zero-order valence-corrected chi connectivity index (χ0v) is 31.7. The van der Waals surface area contributed by atoms with E-state index in [4.69, 9.17) is 9.97 Å². The van der Waals surface area contributed by atoms with E-state index in [2.05, 4.69) is 200 Å². The molecule has 0 amide bonds. The summed E-state index contributed by atoms with van der Waals surface area (Å²) in [5.41, 5.74) is 17.1. The molecule has 0 aliphatic carbocycles. The summed E-state index contributed by atoms with van der Waals surface area (Å²) in [6, 6.07) is 65.7. The molecule has 9 aromatic carbocycles. The van der Waals surface area contributed by atoms with Crippen LogP contribution in [0.3, 0.4) is 0 Å². The second-order valence-electron chi connectivity index (χ2n) is 15.1. The second kappa shape index (κ2) is 13.1. The summed E-state index contributed by atoms with van der Waals surface area (Å²) >= 11 is 0. The molecule has 3 nitrogen and oxygen atoms in total. The number of benzene rings is 9. The van der Waals surface area contributed by atoms with Gasteiger partial charge in [-0.25, -0.2) is 4.98 Å². The predicted octanol–water partition coefficient (Wildman–Crippen LogP) is 14.3. The van der Waals surface area contributed by atoms with Gasteiger partial charge >= 0.3 is 0 Å². The molecule has 0 atom stereocenters. The zero-order valence-electron chi connectivity index (χ0n) is 31.7. The van der Waals surface area contributed by atoms with Crippen LogP contribution in [0.1, 0.15) is 11.1 Å². The summed E-state index contributed by atoms with van der Waals surface area (Å²) in [6.07, 6.45) is 1.93. The highest BCUT2D eigenvalue weighted by atomic mass is 15.0. The summed E-state index contributed by atoms with van der Waals surface area (Å²) < 4.78 is 2.38. The first-order valence-corrected chi connectivity index (χ1v) is 19.6. The molecule has 2 heterocycles. The number of aryl methyl sites for hydroxylation is 2. The third-order valence-electron chi connectivity index (χ3n) is 11.7.